The number of H-pyrrole nitrogens is 1. The van der Waals surface area contributed by atoms with Crippen LogP contribution < -0.4 is 5.56 Å². The number of aliphatic carboxylic acids is 1. The molecule has 0 radical (unpaired) electrons. The molecule has 1 amide bonds. The first-order chi connectivity index (χ1) is 12.5. The van der Waals surface area contributed by atoms with Gasteiger partial charge in [0.1, 0.15) is 0 Å². The van der Waals surface area contributed by atoms with E-state index in [1.165, 1.54) is 4.90 Å². The monoisotopic (exact) mass is 358 g/mol. The van der Waals surface area contributed by atoms with Gasteiger partial charge in [-0.05, 0) is 30.4 Å². The van der Waals surface area contributed by atoms with Crippen LogP contribution in [0.15, 0.2) is 35.1 Å². The zero-order valence-corrected chi connectivity index (χ0v) is 14.4. The third-order valence-electron chi connectivity index (χ3n) is 4.57. The van der Waals surface area contributed by atoms with Crippen molar-refractivity contribution >= 4 is 22.8 Å². The van der Waals surface area contributed by atoms with Crippen molar-refractivity contribution in [3.63, 3.8) is 0 Å². The van der Waals surface area contributed by atoms with Gasteiger partial charge in [-0.25, -0.2) is 0 Å². The first-order valence-electron chi connectivity index (χ1n) is 8.75. The Morgan fingerprint density at radius 1 is 1.31 bits per heavy atom. The van der Waals surface area contributed by atoms with Crippen molar-refractivity contribution in [1.82, 2.24) is 9.88 Å². The lowest BCUT2D eigenvalue weighted by Crippen LogP contribution is -2.40. The van der Waals surface area contributed by atoms with Crippen LogP contribution in [0.3, 0.4) is 0 Å². The number of hydrogen-bond acceptors (Lipinski definition) is 4. The number of benzene rings is 1. The van der Waals surface area contributed by atoms with E-state index in [1.807, 2.05) is 18.2 Å². The minimum atomic E-state index is -0.960. The Morgan fingerprint density at radius 2 is 2.12 bits per heavy atom. The van der Waals surface area contributed by atoms with Gasteiger partial charge in [0.2, 0.25) is 5.91 Å². The lowest BCUT2D eigenvalue weighted by Gasteiger charge is -2.25. The number of hydrogen-bond donors (Lipinski definition) is 2. The second-order valence-corrected chi connectivity index (χ2v) is 6.51. The SMILES string of the molecule is O=C(O)CCN(C[C@H]1CCCO1)C(=O)Cc1cc2ccccc2[nH]c1=O. The first-order valence-corrected chi connectivity index (χ1v) is 8.75. The fourth-order valence-electron chi connectivity index (χ4n) is 3.18. The smallest absolute Gasteiger partial charge is 0.305 e. The van der Waals surface area contributed by atoms with Crippen molar-refractivity contribution in [3.8, 4) is 0 Å². The number of nitrogens with one attached hydrogen (secondary N) is 1. The number of aromatic nitrogens is 1. The van der Waals surface area contributed by atoms with Crippen molar-refractivity contribution in [1.29, 1.82) is 0 Å². The number of fused-ring (bicyclic) bond motifs is 1. The number of carboxylic acid groups (broad SMARTS) is 1. The van der Waals surface area contributed by atoms with E-state index in [0.717, 1.165) is 23.7 Å². The number of para-hydroxylation sites is 1. The van der Waals surface area contributed by atoms with E-state index >= 15 is 0 Å². The van der Waals surface area contributed by atoms with Crippen LogP contribution in [0.4, 0.5) is 0 Å². The lowest BCUT2D eigenvalue weighted by atomic mass is 10.1. The number of pyridine rings is 1. The molecule has 1 aliphatic heterocycles. The Hall–Kier alpha value is -2.67. The molecule has 1 aromatic carbocycles. The van der Waals surface area contributed by atoms with Crippen molar-refractivity contribution in [2.24, 2.45) is 0 Å². The summed E-state index contributed by atoms with van der Waals surface area (Å²) in [5.41, 5.74) is 0.796. The molecule has 1 saturated heterocycles. The summed E-state index contributed by atoms with van der Waals surface area (Å²) < 4.78 is 5.56. The van der Waals surface area contributed by atoms with Crippen LogP contribution in [0.25, 0.3) is 10.9 Å². The van der Waals surface area contributed by atoms with Gasteiger partial charge in [-0.3, -0.25) is 14.4 Å². The Kier molecular flexibility index (Phi) is 5.68. The van der Waals surface area contributed by atoms with E-state index in [0.29, 0.717) is 18.7 Å². The number of rotatable bonds is 7. The molecule has 0 bridgehead atoms. The van der Waals surface area contributed by atoms with Crippen LogP contribution in [0.5, 0.6) is 0 Å². The highest BCUT2D eigenvalue weighted by Crippen LogP contribution is 2.15. The molecule has 1 aromatic heterocycles. The average molecular weight is 358 g/mol. The number of carbonyl (C=O) groups excluding carboxylic acids is 1. The van der Waals surface area contributed by atoms with Crippen LogP contribution in [-0.2, 0) is 20.7 Å². The molecule has 1 aliphatic rings. The Balaban J connectivity index is 1.76. The molecule has 7 heteroatoms. The number of carbonyl (C=O) groups is 2. The maximum Gasteiger partial charge on any atom is 0.305 e. The standard InChI is InChI=1S/C19H22N2O5/c22-17(21(8-7-18(23)24)12-15-5-3-9-26-15)11-14-10-13-4-1-2-6-16(13)20-19(14)25/h1-2,4,6,10,15H,3,5,7-9,11-12H2,(H,20,25)(H,23,24)/t15-/m1/s1. The van der Waals surface area contributed by atoms with Crippen molar-refractivity contribution in [2.45, 2.75) is 31.8 Å². The first kappa shape index (κ1) is 18.1. The minimum absolute atomic E-state index is 0.0630. The predicted octanol–water partition coefficient (Wildman–Crippen LogP) is 1.55. The molecule has 0 spiro atoms. The van der Waals surface area contributed by atoms with E-state index in [1.54, 1.807) is 12.1 Å². The number of nitrogens with zero attached hydrogens (tertiary/aromatic N) is 1. The van der Waals surface area contributed by atoms with Gasteiger partial charge in [-0.2, -0.15) is 0 Å². The summed E-state index contributed by atoms with van der Waals surface area (Å²) in [6, 6.07) is 9.08. The second kappa shape index (κ2) is 8.14. The fourth-order valence-corrected chi connectivity index (χ4v) is 3.18. The summed E-state index contributed by atoms with van der Waals surface area (Å²) in [7, 11) is 0. The molecule has 2 aromatic rings. The zero-order valence-electron chi connectivity index (χ0n) is 14.4. The van der Waals surface area contributed by atoms with E-state index in [-0.39, 0.29) is 37.0 Å². The van der Waals surface area contributed by atoms with E-state index in [2.05, 4.69) is 4.98 Å². The van der Waals surface area contributed by atoms with Crippen molar-refractivity contribution in [2.75, 3.05) is 19.7 Å². The Labute approximate surface area is 150 Å². The molecule has 0 unspecified atom stereocenters. The Morgan fingerprint density at radius 3 is 2.85 bits per heavy atom. The summed E-state index contributed by atoms with van der Waals surface area (Å²) in [5, 5.41) is 9.79. The predicted molar refractivity (Wildman–Crippen MR) is 96.1 cm³/mol. The molecule has 0 aliphatic carbocycles. The third-order valence-corrected chi connectivity index (χ3v) is 4.57. The number of aromatic amines is 1. The summed E-state index contributed by atoms with van der Waals surface area (Å²) in [5.74, 6) is -1.22. The Bertz CT molecular complexity index is 854. The second-order valence-electron chi connectivity index (χ2n) is 6.51. The number of ether oxygens (including phenoxy) is 1. The number of carboxylic acids is 1. The number of amides is 1. The van der Waals surface area contributed by atoms with Crippen molar-refractivity contribution < 1.29 is 19.4 Å². The van der Waals surface area contributed by atoms with Gasteiger partial charge in [0.05, 0.1) is 18.9 Å². The van der Waals surface area contributed by atoms with Gasteiger partial charge < -0.3 is 19.7 Å². The maximum atomic E-state index is 12.7. The van der Waals surface area contributed by atoms with Crippen LogP contribution in [-0.4, -0.2) is 52.7 Å². The maximum absolute atomic E-state index is 12.7. The van der Waals surface area contributed by atoms with E-state index < -0.39 is 5.97 Å². The van der Waals surface area contributed by atoms with Crippen LogP contribution in [0.2, 0.25) is 0 Å². The molecule has 138 valence electrons. The van der Waals surface area contributed by atoms with E-state index in [4.69, 9.17) is 9.84 Å². The highest BCUT2D eigenvalue weighted by atomic mass is 16.5. The molecule has 1 fully saturated rings. The van der Waals surface area contributed by atoms with Crippen LogP contribution in [0.1, 0.15) is 24.8 Å². The van der Waals surface area contributed by atoms with Crippen molar-refractivity contribution in [3.05, 3.63) is 46.2 Å². The largest absolute Gasteiger partial charge is 0.481 e. The van der Waals surface area contributed by atoms with Gasteiger partial charge in [0.15, 0.2) is 0 Å². The van der Waals surface area contributed by atoms with Gasteiger partial charge in [0, 0.05) is 30.8 Å². The molecule has 2 N–H and O–H groups in total. The molecular weight excluding hydrogens is 336 g/mol. The average Bonchev–Trinajstić information content (AvgIpc) is 3.12. The quantitative estimate of drug-likeness (QED) is 0.782. The summed E-state index contributed by atoms with van der Waals surface area (Å²) >= 11 is 0. The van der Waals surface area contributed by atoms with E-state index in [9.17, 15) is 14.4 Å². The van der Waals surface area contributed by atoms with Gasteiger partial charge in [0.25, 0.3) is 5.56 Å². The lowest BCUT2D eigenvalue weighted by molar-refractivity contribution is -0.139. The molecule has 26 heavy (non-hydrogen) atoms. The normalized spacial score (nSPS) is 16.7. The highest BCUT2D eigenvalue weighted by Gasteiger charge is 2.23. The van der Waals surface area contributed by atoms with Gasteiger partial charge in [-0.1, -0.05) is 18.2 Å². The highest BCUT2D eigenvalue weighted by molar-refractivity contribution is 5.83. The molecule has 7 nitrogen and oxygen atoms in total. The zero-order chi connectivity index (χ0) is 18.5. The van der Waals surface area contributed by atoms with Gasteiger partial charge in [-0.15, -0.1) is 0 Å². The summed E-state index contributed by atoms with van der Waals surface area (Å²) in [6.45, 7) is 1.13. The topological polar surface area (TPSA) is 99.7 Å². The molecule has 0 saturated carbocycles. The minimum Gasteiger partial charge on any atom is -0.481 e. The summed E-state index contributed by atoms with van der Waals surface area (Å²) in [6.07, 6.45) is 1.53. The molecule has 3 rings (SSSR count). The molecule has 2 heterocycles. The summed E-state index contributed by atoms with van der Waals surface area (Å²) in [4.78, 5) is 40.2. The third kappa shape index (κ3) is 4.49. The fraction of sp³-hybridized carbons (Fsp3) is 0.421. The van der Waals surface area contributed by atoms with Crippen LogP contribution >= 0.6 is 0 Å². The van der Waals surface area contributed by atoms with Gasteiger partial charge >= 0.3 is 5.97 Å². The molecular formula is C19H22N2O5. The van der Waals surface area contributed by atoms with Crippen LogP contribution in [0, 0.1) is 0 Å². The molecule has 1 atom stereocenters.